The summed E-state index contributed by atoms with van der Waals surface area (Å²) >= 11 is 0. The van der Waals surface area contributed by atoms with Crippen molar-refractivity contribution in [1.29, 1.82) is 0 Å². The molecule has 3 aromatic carbocycles. The molecule has 11 heteroatoms. The molecule has 2 aromatic heterocycles. The van der Waals surface area contributed by atoms with Crippen molar-refractivity contribution >= 4 is 17.5 Å². The molecule has 0 bridgehead atoms. The number of amides is 1. The zero-order valence-electron chi connectivity index (χ0n) is 25.3. The van der Waals surface area contributed by atoms with Gasteiger partial charge >= 0.3 is 0 Å². The number of hydrogen-bond donors (Lipinski definition) is 2. The third-order valence-electron chi connectivity index (χ3n) is 7.40. The smallest absolute Gasteiger partial charge is 0.255 e. The number of anilines is 2. The molecule has 0 saturated heterocycles. The summed E-state index contributed by atoms with van der Waals surface area (Å²) in [5.74, 6) is 2.85. The number of rotatable bonds is 10. The van der Waals surface area contributed by atoms with Crippen LogP contribution in [0.4, 0.5) is 11.6 Å². The number of benzene rings is 3. The number of carbonyl (C=O) groups excluding carboxylic acids is 1. The third kappa shape index (κ3) is 6.00. The lowest BCUT2D eigenvalue weighted by molar-refractivity contribution is -0.113. The number of pyridine rings is 1. The minimum absolute atomic E-state index is 0.310. The van der Waals surface area contributed by atoms with Crippen molar-refractivity contribution in [2.75, 3.05) is 32.0 Å². The van der Waals surface area contributed by atoms with Crippen LogP contribution in [0.25, 0.3) is 11.4 Å². The monoisotopic (exact) mass is 604 g/mol. The molecule has 1 aliphatic heterocycles. The molecule has 1 aliphatic rings. The van der Waals surface area contributed by atoms with Crippen molar-refractivity contribution < 1.29 is 23.7 Å². The van der Waals surface area contributed by atoms with Crippen LogP contribution in [0.3, 0.4) is 0 Å². The third-order valence-corrected chi connectivity index (χ3v) is 7.40. The van der Waals surface area contributed by atoms with Gasteiger partial charge in [-0.05, 0) is 60.5 Å². The van der Waals surface area contributed by atoms with Gasteiger partial charge in [0.15, 0.2) is 28.8 Å². The van der Waals surface area contributed by atoms with Gasteiger partial charge in [-0.2, -0.15) is 4.98 Å². The number of fused-ring (bicyclic) bond motifs is 1. The van der Waals surface area contributed by atoms with Crippen molar-refractivity contribution in [2.45, 2.75) is 19.6 Å². The average molecular weight is 605 g/mol. The van der Waals surface area contributed by atoms with Gasteiger partial charge in [0, 0.05) is 17.5 Å². The molecular weight excluding hydrogens is 572 g/mol. The highest BCUT2D eigenvalue weighted by Gasteiger charge is 2.35. The van der Waals surface area contributed by atoms with Crippen LogP contribution < -0.4 is 29.6 Å². The molecule has 0 aliphatic carbocycles. The Labute approximate surface area is 260 Å². The van der Waals surface area contributed by atoms with Crippen molar-refractivity contribution in [3.63, 3.8) is 0 Å². The van der Waals surface area contributed by atoms with Gasteiger partial charge < -0.3 is 29.6 Å². The Morgan fingerprint density at radius 1 is 0.889 bits per heavy atom. The van der Waals surface area contributed by atoms with E-state index in [1.165, 1.54) is 0 Å². The van der Waals surface area contributed by atoms with Gasteiger partial charge in [0.05, 0.1) is 38.8 Å². The standard InChI is InChI=1S/C34H32N6O5/c1-21-30(33(41)37-25-11-8-16-35-19-25)31(23-12-15-27(29(17-23)44-4)45-20-22-9-6-5-7-10-22)40-34(36-21)38-32(39-40)24-13-14-26(42-2)28(18-24)43-3/h5-19,31H,20H2,1-4H3,(H,37,41)(H,36,38,39). The van der Waals surface area contributed by atoms with Crippen LogP contribution in [0.2, 0.25) is 0 Å². The molecule has 228 valence electrons. The molecular formula is C34H32N6O5. The Hall–Kier alpha value is -5.84. The van der Waals surface area contributed by atoms with E-state index in [0.29, 0.717) is 58.3 Å². The Morgan fingerprint density at radius 3 is 2.38 bits per heavy atom. The number of aromatic nitrogens is 4. The first-order chi connectivity index (χ1) is 22.0. The SMILES string of the molecule is COc1ccc(-c2nc3n(n2)C(c2ccc(OCc4ccccc4)c(OC)c2)C(C(=O)Nc2cccnc2)=C(C)N3)cc1OC. The lowest BCUT2D eigenvalue weighted by Gasteiger charge is -2.29. The maximum absolute atomic E-state index is 13.9. The fraction of sp³-hybridized carbons (Fsp3) is 0.176. The number of allylic oxidation sites excluding steroid dienone is 1. The first kappa shape index (κ1) is 29.2. The second-order valence-electron chi connectivity index (χ2n) is 10.2. The second kappa shape index (κ2) is 12.8. The molecule has 1 unspecified atom stereocenters. The van der Waals surface area contributed by atoms with Crippen LogP contribution >= 0.6 is 0 Å². The highest BCUT2D eigenvalue weighted by Crippen LogP contribution is 2.40. The summed E-state index contributed by atoms with van der Waals surface area (Å²) in [5, 5.41) is 11.1. The van der Waals surface area contributed by atoms with Crippen molar-refractivity contribution in [3.05, 3.63) is 114 Å². The van der Waals surface area contributed by atoms with Crippen LogP contribution in [-0.2, 0) is 11.4 Å². The molecule has 2 N–H and O–H groups in total. The van der Waals surface area contributed by atoms with E-state index in [2.05, 4.69) is 15.6 Å². The fourth-order valence-corrected chi connectivity index (χ4v) is 5.19. The highest BCUT2D eigenvalue weighted by molar-refractivity contribution is 6.06. The lowest BCUT2D eigenvalue weighted by atomic mass is 9.94. The summed E-state index contributed by atoms with van der Waals surface area (Å²) < 4.78 is 24.5. The first-order valence-electron chi connectivity index (χ1n) is 14.2. The summed E-state index contributed by atoms with van der Waals surface area (Å²) in [6.45, 7) is 2.22. The van der Waals surface area contributed by atoms with E-state index >= 15 is 0 Å². The van der Waals surface area contributed by atoms with Gasteiger partial charge in [-0.25, -0.2) is 4.68 Å². The number of methoxy groups -OCH3 is 3. The molecule has 0 fully saturated rings. The van der Waals surface area contributed by atoms with E-state index in [1.807, 2.05) is 67.6 Å². The van der Waals surface area contributed by atoms with E-state index in [0.717, 1.165) is 16.7 Å². The van der Waals surface area contributed by atoms with Gasteiger partial charge in [-0.1, -0.05) is 36.4 Å². The molecule has 0 spiro atoms. The second-order valence-corrected chi connectivity index (χ2v) is 10.2. The minimum atomic E-state index is -0.656. The maximum Gasteiger partial charge on any atom is 0.255 e. The Bertz CT molecular complexity index is 1860. The number of nitrogens with zero attached hydrogens (tertiary/aromatic N) is 4. The average Bonchev–Trinajstić information content (AvgIpc) is 3.50. The predicted octanol–water partition coefficient (Wildman–Crippen LogP) is 5.87. The minimum Gasteiger partial charge on any atom is -0.493 e. The molecule has 6 rings (SSSR count). The Morgan fingerprint density at radius 2 is 1.64 bits per heavy atom. The van der Waals surface area contributed by atoms with E-state index in [1.54, 1.807) is 56.6 Å². The van der Waals surface area contributed by atoms with Crippen LogP contribution in [0.15, 0.2) is 103 Å². The van der Waals surface area contributed by atoms with Crippen LogP contribution in [0.5, 0.6) is 23.0 Å². The van der Waals surface area contributed by atoms with Crippen molar-refractivity contribution in [3.8, 4) is 34.4 Å². The largest absolute Gasteiger partial charge is 0.493 e. The molecule has 0 radical (unpaired) electrons. The van der Waals surface area contributed by atoms with Crippen LogP contribution in [0.1, 0.15) is 24.1 Å². The van der Waals surface area contributed by atoms with Crippen molar-refractivity contribution in [1.82, 2.24) is 19.7 Å². The molecule has 1 atom stereocenters. The van der Waals surface area contributed by atoms with E-state index in [4.69, 9.17) is 29.0 Å². The summed E-state index contributed by atoms with van der Waals surface area (Å²) in [6, 6.07) is 23.9. The van der Waals surface area contributed by atoms with E-state index in [9.17, 15) is 4.79 Å². The molecule has 3 heterocycles. The van der Waals surface area contributed by atoms with Gasteiger partial charge in [-0.15, -0.1) is 5.10 Å². The van der Waals surface area contributed by atoms with E-state index in [-0.39, 0.29) is 5.91 Å². The zero-order chi connectivity index (χ0) is 31.3. The zero-order valence-corrected chi connectivity index (χ0v) is 25.3. The van der Waals surface area contributed by atoms with Gasteiger partial charge in [-0.3, -0.25) is 9.78 Å². The lowest BCUT2D eigenvalue weighted by Crippen LogP contribution is -2.31. The molecule has 0 saturated carbocycles. The highest BCUT2D eigenvalue weighted by atomic mass is 16.5. The summed E-state index contributed by atoms with van der Waals surface area (Å²) in [7, 11) is 4.74. The number of hydrogen-bond acceptors (Lipinski definition) is 9. The van der Waals surface area contributed by atoms with Crippen molar-refractivity contribution in [2.24, 2.45) is 0 Å². The maximum atomic E-state index is 13.9. The Kier molecular flexibility index (Phi) is 8.32. The normalized spacial score (nSPS) is 13.8. The summed E-state index contributed by atoms with van der Waals surface area (Å²) in [6.07, 6.45) is 3.24. The first-order valence-corrected chi connectivity index (χ1v) is 14.2. The van der Waals surface area contributed by atoms with E-state index < -0.39 is 6.04 Å². The number of ether oxygens (including phenoxy) is 4. The van der Waals surface area contributed by atoms with Gasteiger partial charge in [0.2, 0.25) is 5.95 Å². The topological polar surface area (TPSA) is 122 Å². The number of nitrogens with one attached hydrogen (secondary N) is 2. The molecule has 45 heavy (non-hydrogen) atoms. The summed E-state index contributed by atoms with van der Waals surface area (Å²) in [5.41, 5.74) is 4.15. The molecule has 1 amide bonds. The fourth-order valence-electron chi connectivity index (χ4n) is 5.19. The Balaban J connectivity index is 1.41. The molecule has 11 nitrogen and oxygen atoms in total. The van der Waals surface area contributed by atoms with Gasteiger partial charge in [0.25, 0.3) is 5.91 Å². The summed E-state index contributed by atoms with van der Waals surface area (Å²) in [4.78, 5) is 22.8. The van der Waals surface area contributed by atoms with Crippen LogP contribution in [0, 0.1) is 0 Å². The van der Waals surface area contributed by atoms with Gasteiger partial charge in [0.1, 0.15) is 12.6 Å². The molecule has 5 aromatic rings. The predicted molar refractivity (Wildman–Crippen MR) is 170 cm³/mol. The quantitative estimate of drug-likeness (QED) is 0.201. The van der Waals surface area contributed by atoms with Crippen LogP contribution in [-0.4, -0.2) is 47.0 Å². The number of carbonyl (C=O) groups is 1.